The van der Waals surface area contributed by atoms with Gasteiger partial charge in [0, 0.05) is 17.2 Å². The molecule has 0 spiro atoms. The van der Waals surface area contributed by atoms with Crippen molar-refractivity contribution in [2.24, 2.45) is 11.7 Å². The van der Waals surface area contributed by atoms with Gasteiger partial charge in [-0.1, -0.05) is 25.8 Å². The number of nitrogens with one attached hydrogen (secondary N) is 1. The Bertz CT molecular complexity index is 551. The summed E-state index contributed by atoms with van der Waals surface area (Å²) in [7, 11) is 0. The summed E-state index contributed by atoms with van der Waals surface area (Å²) >= 11 is 0. The fraction of sp³-hybridized carbons (Fsp3) is 0.588. The first-order valence-corrected chi connectivity index (χ1v) is 7.89. The summed E-state index contributed by atoms with van der Waals surface area (Å²) in [5.74, 6) is -1.66. The molecule has 1 amide bonds. The Morgan fingerprint density at radius 1 is 1.43 bits per heavy atom. The van der Waals surface area contributed by atoms with Gasteiger partial charge in [0.25, 0.3) is 0 Å². The van der Waals surface area contributed by atoms with Gasteiger partial charge in [0.05, 0.1) is 12.0 Å². The second kappa shape index (κ2) is 8.06. The molecule has 0 aromatic heterocycles. The molecule has 130 valence electrons. The highest BCUT2D eigenvalue weighted by Crippen LogP contribution is 2.32. The van der Waals surface area contributed by atoms with Gasteiger partial charge >= 0.3 is 0 Å². The van der Waals surface area contributed by atoms with Crippen LogP contribution in [0.25, 0.3) is 0 Å². The highest BCUT2D eigenvalue weighted by atomic mass is 35.5. The van der Waals surface area contributed by atoms with Crippen molar-refractivity contribution in [1.82, 2.24) is 5.32 Å². The van der Waals surface area contributed by atoms with Crippen LogP contribution in [0.3, 0.4) is 0 Å². The zero-order valence-corrected chi connectivity index (χ0v) is 14.4. The first-order chi connectivity index (χ1) is 10.3. The van der Waals surface area contributed by atoms with E-state index in [-0.39, 0.29) is 24.2 Å². The second-order valence-electron chi connectivity index (χ2n) is 6.44. The van der Waals surface area contributed by atoms with Gasteiger partial charge in [-0.15, -0.1) is 12.4 Å². The Balaban J connectivity index is 0.00000264. The van der Waals surface area contributed by atoms with Gasteiger partial charge in [-0.25, -0.2) is 8.78 Å². The number of carbonyl (C=O) groups is 1. The minimum absolute atomic E-state index is 0. The zero-order chi connectivity index (χ0) is 16.3. The molecule has 3 N–H and O–H groups in total. The quantitative estimate of drug-likeness (QED) is 0.869. The summed E-state index contributed by atoms with van der Waals surface area (Å²) in [4.78, 5) is 12.5. The number of amides is 1. The van der Waals surface area contributed by atoms with E-state index < -0.39 is 23.2 Å². The van der Waals surface area contributed by atoms with E-state index in [1.807, 2.05) is 13.8 Å². The molecule has 3 nitrogen and oxygen atoms in total. The van der Waals surface area contributed by atoms with Crippen LogP contribution in [0.15, 0.2) is 18.2 Å². The van der Waals surface area contributed by atoms with E-state index >= 15 is 0 Å². The van der Waals surface area contributed by atoms with Crippen LogP contribution >= 0.6 is 12.4 Å². The van der Waals surface area contributed by atoms with Crippen molar-refractivity contribution in [3.8, 4) is 0 Å². The summed E-state index contributed by atoms with van der Waals surface area (Å²) in [5, 5.41) is 2.89. The van der Waals surface area contributed by atoms with Crippen molar-refractivity contribution in [1.29, 1.82) is 0 Å². The SMILES string of the molecule is CCC(NC(=O)C1CCCCC1(C)N)c1ccc(F)cc1F.Cl. The summed E-state index contributed by atoms with van der Waals surface area (Å²) in [6.45, 7) is 3.76. The number of halogens is 3. The Labute approximate surface area is 142 Å². The molecule has 3 atom stereocenters. The van der Waals surface area contributed by atoms with E-state index in [1.54, 1.807) is 0 Å². The molecule has 0 radical (unpaired) electrons. The molecule has 2 rings (SSSR count). The van der Waals surface area contributed by atoms with E-state index in [0.717, 1.165) is 31.7 Å². The van der Waals surface area contributed by atoms with Crippen molar-refractivity contribution >= 4 is 18.3 Å². The molecule has 0 saturated heterocycles. The van der Waals surface area contributed by atoms with Crippen molar-refractivity contribution in [2.45, 2.75) is 57.5 Å². The molecule has 1 saturated carbocycles. The Kier molecular flexibility index (Phi) is 6.96. The molecule has 1 aromatic rings. The van der Waals surface area contributed by atoms with Crippen molar-refractivity contribution in [3.05, 3.63) is 35.4 Å². The lowest BCUT2D eigenvalue weighted by atomic mass is 9.74. The predicted octanol–water partition coefficient (Wildman–Crippen LogP) is 3.86. The molecule has 1 aliphatic carbocycles. The fourth-order valence-corrected chi connectivity index (χ4v) is 3.25. The van der Waals surface area contributed by atoms with Gasteiger partial charge in [0.15, 0.2) is 0 Å². The highest BCUT2D eigenvalue weighted by molar-refractivity contribution is 5.85. The van der Waals surface area contributed by atoms with Crippen LogP contribution in [0, 0.1) is 17.6 Å². The third-order valence-electron chi connectivity index (χ3n) is 4.63. The molecule has 0 aliphatic heterocycles. The minimum atomic E-state index is -0.633. The van der Waals surface area contributed by atoms with E-state index in [9.17, 15) is 13.6 Å². The standard InChI is InChI=1S/C17H24F2N2O.ClH/c1-3-15(12-8-7-11(18)10-14(12)19)21-16(22)13-6-4-5-9-17(13,2)20;/h7-8,10,13,15H,3-6,9,20H2,1-2H3,(H,21,22);1H. The van der Waals surface area contributed by atoms with Gasteiger partial charge in [-0.05, 0) is 32.3 Å². The molecule has 1 aromatic carbocycles. The maximum atomic E-state index is 13.9. The van der Waals surface area contributed by atoms with Crippen molar-refractivity contribution < 1.29 is 13.6 Å². The van der Waals surface area contributed by atoms with Gasteiger partial charge in [-0.2, -0.15) is 0 Å². The van der Waals surface area contributed by atoms with Crippen LogP contribution < -0.4 is 11.1 Å². The number of nitrogens with two attached hydrogens (primary N) is 1. The lowest BCUT2D eigenvalue weighted by Gasteiger charge is -2.38. The van der Waals surface area contributed by atoms with Crippen LogP contribution in [0.5, 0.6) is 0 Å². The molecule has 6 heteroatoms. The smallest absolute Gasteiger partial charge is 0.225 e. The average Bonchev–Trinajstić information content (AvgIpc) is 2.44. The van der Waals surface area contributed by atoms with Crippen LogP contribution in [-0.2, 0) is 4.79 Å². The molecule has 1 aliphatic rings. The lowest BCUT2D eigenvalue weighted by Crippen LogP contribution is -2.53. The summed E-state index contributed by atoms with van der Waals surface area (Å²) in [6.07, 6.45) is 4.10. The Hall–Kier alpha value is -1.20. The largest absolute Gasteiger partial charge is 0.349 e. The third kappa shape index (κ3) is 4.64. The molecule has 0 bridgehead atoms. The van der Waals surface area contributed by atoms with Crippen LogP contribution in [-0.4, -0.2) is 11.4 Å². The minimum Gasteiger partial charge on any atom is -0.349 e. The first-order valence-electron chi connectivity index (χ1n) is 7.89. The van der Waals surface area contributed by atoms with E-state index in [2.05, 4.69) is 5.32 Å². The van der Waals surface area contributed by atoms with Gasteiger partial charge in [-0.3, -0.25) is 4.79 Å². The summed E-state index contributed by atoms with van der Waals surface area (Å²) in [6, 6.07) is 2.98. The molecular formula is C17H25ClF2N2O. The maximum Gasteiger partial charge on any atom is 0.225 e. The number of benzene rings is 1. The van der Waals surface area contributed by atoms with Crippen LogP contribution in [0.1, 0.15) is 57.6 Å². The normalized spacial score (nSPS) is 25.3. The maximum absolute atomic E-state index is 13.9. The molecule has 23 heavy (non-hydrogen) atoms. The van der Waals surface area contributed by atoms with Gasteiger partial charge in [0.2, 0.25) is 5.91 Å². The van der Waals surface area contributed by atoms with Crippen molar-refractivity contribution in [2.75, 3.05) is 0 Å². The highest BCUT2D eigenvalue weighted by Gasteiger charge is 2.38. The monoisotopic (exact) mass is 346 g/mol. The fourth-order valence-electron chi connectivity index (χ4n) is 3.25. The van der Waals surface area contributed by atoms with E-state index in [4.69, 9.17) is 5.73 Å². The number of hydrogen-bond donors (Lipinski definition) is 2. The number of carbonyl (C=O) groups excluding carboxylic acids is 1. The molecule has 3 unspecified atom stereocenters. The Morgan fingerprint density at radius 3 is 2.70 bits per heavy atom. The van der Waals surface area contributed by atoms with Crippen LogP contribution in [0.4, 0.5) is 8.78 Å². The summed E-state index contributed by atoms with van der Waals surface area (Å²) < 4.78 is 26.9. The first kappa shape index (κ1) is 19.8. The molecular weight excluding hydrogens is 322 g/mol. The predicted molar refractivity (Wildman–Crippen MR) is 89.3 cm³/mol. The Morgan fingerprint density at radius 2 is 2.13 bits per heavy atom. The van der Waals surface area contributed by atoms with E-state index in [0.29, 0.717) is 12.0 Å². The number of rotatable bonds is 4. The van der Waals surface area contributed by atoms with E-state index in [1.165, 1.54) is 12.1 Å². The van der Waals surface area contributed by atoms with Crippen molar-refractivity contribution in [3.63, 3.8) is 0 Å². The average molecular weight is 347 g/mol. The topological polar surface area (TPSA) is 55.1 Å². The number of hydrogen-bond acceptors (Lipinski definition) is 2. The van der Waals surface area contributed by atoms with Gasteiger partial charge < -0.3 is 11.1 Å². The second-order valence-corrected chi connectivity index (χ2v) is 6.44. The van der Waals surface area contributed by atoms with Gasteiger partial charge in [0.1, 0.15) is 11.6 Å². The van der Waals surface area contributed by atoms with Crippen LogP contribution in [0.2, 0.25) is 0 Å². The third-order valence-corrected chi connectivity index (χ3v) is 4.63. The molecule has 1 fully saturated rings. The molecule has 0 heterocycles. The zero-order valence-electron chi connectivity index (χ0n) is 13.6. The lowest BCUT2D eigenvalue weighted by molar-refractivity contribution is -0.129. The summed E-state index contributed by atoms with van der Waals surface area (Å²) in [5.41, 5.74) is 6.03.